The van der Waals surface area contributed by atoms with Crippen LogP contribution in [-0.2, 0) is 10.0 Å². The molecule has 0 bridgehead atoms. The van der Waals surface area contributed by atoms with Crippen LogP contribution in [0.25, 0.3) is 0 Å². The van der Waals surface area contributed by atoms with Crippen LogP contribution in [0.3, 0.4) is 0 Å². The van der Waals surface area contributed by atoms with Crippen molar-refractivity contribution in [3.8, 4) is 5.75 Å². The van der Waals surface area contributed by atoms with Gasteiger partial charge in [-0.1, -0.05) is 13.0 Å². The Morgan fingerprint density at radius 1 is 1.33 bits per heavy atom. The van der Waals surface area contributed by atoms with Gasteiger partial charge in [0.25, 0.3) is 0 Å². The first-order valence-corrected chi connectivity index (χ1v) is 7.25. The van der Waals surface area contributed by atoms with Crippen LogP contribution in [0.4, 0.5) is 0 Å². The molecule has 0 amide bonds. The Hall–Kier alpha value is -1.11. The summed E-state index contributed by atoms with van der Waals surface area (Å²) in [4.78, 5) is 0.184. The summed E-state index contributed by atoms with van der Waals surface area (Å²) < 4.78 is 31.0. The van der Waals surface area contributed by atoms with E-state index in [1.807, 2.05) is 6.92 Å². The molecular weight excluding hydrogens is 254 g/mol. The molecule has 0 heterocycles. The number of hydrogen-bond donors (Lipinski definition) is 1. The molecule has 0 aliphatic carbocycles. The standard InChI is InChI=1S/C12H19NO4S/c1-3-7-13(8-9-14)18(15,16)12-6-4-5-11(10-12)17-2/h4-6,10,14H,3,7-9H2,1-2H3. The maximum absolute atomic E-state index is 12.3. The molecule has 0 fully saturated rings. The monoisotopic (exact) mass is 273 g/mol. The summed E-state index contributed by atoms with van der Waals surface area (Å²) in [5.74, 6) is 0.497. The van der Waals surface area contributed by atoms with Gasteiger partial charge in [-0.2, -0.15) is 4.31 Å². The van der Waals surface area contributed by atoms with Crippen LogP contribution in [-0.4, -0.2) is 44.6 Å². The minimum atomic E-state index is -3.56. The molecule has 1 N–H and O–H groups in total. The van der Waals surface area contributed by atoms with Crippen molar-refractivity contribution in [1.82, 2.24) is 4.31 Å². The van der Waals surface area contributed by atoms with Crippen molar-refractivity contribution in [2.24, 2.45) is 0 Å². The maximum atomic E-state index is 12.3. The summed E-state index contributed by atoms with van der Waals surface area (Å²) in [5.41, 5.74) is 0. The van der Waals surface area contributed by atoms with Gasteiger partial charge in [-0.3, -0.25) is 0 Å². The minimum Gasteiger partial charge on any atom is -0.497 e. The fraction of sp³-hybridized carbons (Fsp3) is 0.500. The second-order valence-electron chi connectivity index (χ2n) is 3.81. The van der Waals surface area contributed by atoms with Gasteiger partial charge in [0.1, 0.15) is 5.75 Å². The lowest BCUT2D eigenvalue weighted by Gasteiger charge is -2.20. The highest BCUT2D eigenvalue weighted by atomic mass is 32.2. The van der Waals surface area contributed by atoms with Gasteiger partial charge in [-0.15, -0.1) is 0 Å². The SMILES string of the molecule is CCCN(CCO)S(=O)(=O)c1cccc(OC)c1. The van der Waals surface area contributed by atoms with Gasteiger partial charge in [-0.25, -0.2) is 8.42 Å². The Balaban J connectivity index is 3.08. The fourth-order valence-corrected chi connectivity index (χ4v) is 3.18. The highest BCUT2D eigenvalue weighted by Gasteiger charge is 2.23. The first kappa shape index (κ1) is 14.9. The zero-order valence-corrected chi connectivity index (χ0v) is 11.5. The Bertz CT molecular complexity index is 467. The molecule has 0 aromatic heterocycles. The van der Waals surface area contributed by atoms with Gasteiger partial charge in [-0.05, 0) is 18.6 Å². The van der Waals surface area contributed by atoms with Crippen molar-refractivity contribution < 1.29 is 18.3 Å². The van der Waals surface area contributed by atoms with E-state index in [1.54, 1.807) is 12.1 Å². The molecule has 0 saturated heterocycles. The van der Waals surface area contributed by atoms with Crippen LogP contribution in [0.2, 0.25) is 0 Å². The molecular formula is C12H19NO4S. The van der Waals surface area contributed by atoms with Gasteiger partial charge in [0.05, 0.1) is 18.6 Å². The summed E-state index contributed by atoms with van der Waals surface area (Å²) in [6.45, 7) is 2.20. The second kappa shape index (κ2) is 6.72. The average molecular weight is 273 g/mol. The highest BCUT2D eigenvalue weighted by molar-refractivity contribution is 7.89. The Kier molecular flexibility index (Phi) is 5.58. The lowest BCUT2D eigenvalue weighted by molar-refractivity contribution is 0.253. The second-order valence-corrected chi connectivity index (χ2v) is 5.74. The highest BCUT2D eigenvalue weighted by Crippen LogP contribution is 2.20. The quantitative estimate of drug-likeness (QED) is 0.807. The molecule has 6 heteroatoms. The molecule has 0 aliphatic rings. The van der Waals surface area contributed by atoms with E-state index < -0.39 is 10.0 Å². The van der Waals surface area contributed by atoms with E-state index in [0.717, 1.165) is 0 Å². The smallest absolute Gasteiger partial charge is 0.243 e. The van der Waals surface area contributed by atoms with E-state index >= 15 is 0 Å². The molecule has 0 aliphatic heterocycles. The van der Waals surface area contributed by atoms with Gasteiger partial charge >= 0.3 is 0 Å². The first-order valence-electron chi connectivity index (χ1n) is 5.81. The van der Waals surface area contributed by atoms with E-state index in [0.29, 0.717) is 18.7 Å². The van der Waals surface area contributed by atoms with E-state index in [2.05, 4.69) is 0 Å². The van der Waals surface area contributed by atoms with Crippen molar-refractivity contribution in [3.63, 3.8) is 0 Å². The third kappa shape index (κ3) is 3.44. The number of aliphatic hydroxyl groups is 1. The van der Waals surface area contributed by atoms with E-state index in [1.165, 1.54) is 23.5 Å². The Morgan fingerprint density at radius 3 is 2.61 bits per heavy atom. The topological polar surface area (TPSA) is 66.8 Å². The minimum absolute atomic E-state index is 0.105. The molecule has 0 radical (unpaired) electrons. The number of hydrogen-bond acceptors (Lipinski definition) is 4. The molecule has 0 saturated carbocycles. The molecule has 5 nitrogen and oxygen atoms in total. The van der Waals surface area contributed by atoms with Crippen molar-refractivity contribution in [1.29, 1.82) is 0 Å². The third-order valence-electron chi connectivity index (χ3n) is 2.50. The summed E-state index contributed by atoms with van der Waals surface area (Å²) >= 11 is 0. The largest absolute Gasteiger partial charge is 0.497 e. The van der Waals surface area contributed by atoms with Crippen LogP contribution in [0, 0.1) is 0 Å². The van der Waals surface area contributed by atoms with Crippen LogP contribution in [0.1, 0.15) is 13.3 Å². The van der Waals surface area contributed by atoms with E-state index in [9.17, 15) is 8.42 Å². The normalized spacial score (nSPS) is 11.8. The Labute approximate surface area is 108 Å². The number of rotatable bonds is 7. The van der Waals surface area contributed by atoms with Gasteiger partial charge < -0.3 is 9.84 Å². The molecule has 1 aromatic rings. The zero-order valence-electron chi connectivity index (χ0n) is 10.7. The van der Waals surface area contributed by atoms with E-state index in [4.69, 9.17) is 9.84 Å². The maximum Gasteiger partial charge on any atom is 0.243 e. The predicted octanol–water partition coefficient (Wildman–Crippen LogP) is 1.09. The van der Waals surface area contributed by atoms with Gasteiger partial charge in [0.15, 0.2) is 0 Å². The molecule has 0 unspecified atom stereocenters. The van der Waals surface area contributed by atoms with Crippen molar-refractivity contribution in [2.45, 2.75) is 18.2 Å². The Morgan fingerprint density at radius 2 is 2.06 bits per heavy atom. The summed E-state index contributed by atoms with van der Waals surface area (Å²) in [7, 11) is -2.08. The number of methoxy groups -OCH3 is 1. The molecule has 1 aromatic carbocycles. The van der Waals surface area contributed by atoms with Crippen LogP contribution >= 0.6 is 0 Å². The van der Waals surface area contributed by atoms with Crippen molar-refractivity contribution in [2.75, 3.05) is 26.8 Å². The van der Waals surface area contributed by atoms with Gasteiger partial charge in [0, 0.05) is 19.2 Å². The third-order valence-corrected chi connectivity index (χ3v) is 4.40. The van der Waals surface area contributed by atoms with Crippen LogP contribution in [0.15, 0.2) is 29.2 Å². The number of ether oxygens (including phenoxy) is 1. The lowest BCUT2D eigenvalue weighted by Crippen LogP contribution is -2.34. The lowest BCUT2D eigenvalue weighted by atomic mass is 10.3. The van der Waals surface area contributed by atoms with E-state index in [-0.39, 0.29) is 18.0 Å². The predicted molar refractivity (Wildman–Crippen MR) is 69.1 cm³/mol. The average Bonchev–Trinajstić information content (AvgIpc) is 2.38. The zero-order chi connectivity index (χ0) is 13.6. The summed E-state index contributed by atoms with van der Waals surface area (Å²) in [5, 5.41) is 8.94. The van der Waals surface area contributed by atoms with Gasteiger partial charge in [0.2, 0.25) is 10.0 Å². The molecule has 18 heavy (non-hydrogen) atoms. The first-order chi connectivity index (χ1) is 8.56. The number of benzene rings is 1. The van der Waals surface area contributed by atoms with Crippen molar-refractivity contribution >= 4 is 10.0 Å². The number of sulfonamides is 1. The fourth-order valence-electron chi connectivity index (χ4n) is 1.62. The van der Waals surface area contributed by atoms with Crippen LogP contribution in [0.5, 0.6) is 5.75 Å². The number of aliphatic hydroxyl groups excluding tert-OH is 1. The molecule has 102 valence electrons. The van der Waals surface area contributed by atoms with Crippen molar-refractivity contribution in [3.05, 3.63) is 24.3 Å². The molecule has 1 rings (SSSR count). The summed E-state index contributed by atoms with van der Waals surface area (Å²) in [6, 6.07) is 6.33. The molecule has 0 atom stereocenters. The summed E-state index contributed by atoms with van der Waals surface area (Å²) in [6.07, 6.45) is 0.698. The van der Waals surface area contributed by atoms with Crippen LogP contribution < -0.4 is 4.74 Å². The number of nitrogens with zero attached hydrogens (tertiary/aromatic N) is 1. The molecule has 0 spiro atoms.